The fourth-order valence-electron chi connectivity index (χ4n) is 2.74. The maximum Gasteiger partial charge on any atom is 0.407 e. The van der Waals surface area contributed by atoms with Crippen molar-refractivity contribution in [1.82, 2.24) is 20.2 Å². The zero-order chi connectivity index (χ0) is 17.6. The fraction of sp³-hybridized carbons (Fsp3) is 0.706. The molecule has 0 bridgehead atoms. The zero-order valence-electron chi connectivity index (χ0n) is 15.0. The summed E-state index contributed by atoms with van der Waals surface area (Å²) in [5.41, 5.74) is 0.411. The number of nitrogens with zero attached hydrogens (tertiary/aromatic N) is 3. The van der Waals surface area contributed by atoms with Gasteiger partial charge in [0, 0.05) is 25.5 Å². The molecular weight excluding hydrogens is 308 g/mol. The van der Waals surface area contributed by atoms with Gasteiger partial charge in [-0.2, -0.15) is 0 Å². The summed E-state index contributed by atoms with van der Waals surface area (Å²) < 4.78 is 10.5. The Balaban J connectivity index is 1.72. The normalized spacial score (nSPS) is 16.7. The average Bonchev–Trinajstić information content (AvgIpc) is 2.53. The number of aromatic nitrogens is 2. The van der Waals surface area contributed by atoms with E-state index in [0.29, 0.717) is 18.3 Å². The number of nitrogens with one attached hydrogen (secondary N) is 1. The van der Waals surface area contributed by atoms with Gasteiger partial charge in [0.15, 0.2) is 0 Å². The molecule has 1 aromatic rings. The highest BCUT2D eigenvalue weighted by molar-refractivity contribution is 5.67. The van der Waals surface area contributed by atoms with E-state index < -0.39 is 5.60 Å². The number of hydrogen-bond donors (Lipinski definition) is 1. The van der Waals surface area contributed by atoms with Gasteiger partial charge in [-0.1, -0.05) is 0 Å². The van der Waals surface area contributed by atoms with Crippen LogP contribution in [0.5, 0.6) is 5.88 Å². The molecule has 1 aromatic heterocycles. The lowest BCUT2D eigenvalue weighted by molar-refractivity contribution is 0.0509. The van der Waals surface area contributed by atoms with Crippen molar-refractivity contribution in [1.29, 1.82) is 0 Å². The highest BCUT2D eigenvalue weighted by Gasteiger charge is 2.22. The minimum Gasteiger partial charge on any atom is -0.480 e. The molecule has 0 atom stereocenters. The number of hydrogen-bond acceptors (Lipinski definition) is 6. The summed E-state index contributed by atoms with van der Waals surface area (Å²) in [4.78, 5) is 22.6. The minimum absolute atomic E-state index is 0.339. The van der Waals surface area contributed by atoms with Crippen molar-refractivity contribution >= 4 is 6.09 Å². The summed E-state index contributed by atoms with van der Waals surface area (Å²) in [6.45, 7) is 8.95. The first-order valence-electron chi connectivity index (χ1n) is 8.40. The number of piperidine rings is 1. The maximum atomic E-state index is 11.7. The number of ether oxygens (including phenoxy) is 2. The molecule has 0 radical (unpaired) electrons. The van der Waals surface area contributed by atoms with E-state index in [1.54, 1.807) is 19.5 Å². The van der Waals surface area contributed by atoms with E-state index in [-0.39, 0.29) is 6.09 Å². The molecule has 1 aliphatic rings. The molecule has 1 N–H and O–H groups in total. The molecule has 1 fully saturated rings. The number of amides is 1. The molecule has 0 unspecified atom stereocenters. The molecule has 0 spiro atoms. The molecule has 7 nitrogen and oxygen atoms in total. The van der Waals surface area contributed by atoms with Crippen LogP contribution in [0.2, 0.25) is 0 Å². The largest absolute Gasteiger partial charge is 0.480 e. The first kappa shape index (κ1) is 18.4. The summed E-state index contributed by atoms with van der Waals surface area (Å²) in [5, 5.41) is 2.87. The highest BCUT2D eigenvalue weighted by Crippen LogP contribution is 2.20. The molecule has 1 amide bonds. The summed E-state index contributed by atoms with van der Waals surface area (Å²) in [5.74, 6) is 1.07. The van der Waals surface area contributed by atoms with Crippen LogP contribution in [0.1, 0.15) is 39.3 Å². The van der Waals surface area contributed by atoms with Crippen LogP contribution in [0.15, 0.2) is 12.4 Å². The molecular formula is C17H28N4O3. The van der Waals surface area contributed by atoms with Gasteiger partial charge in [-0.15, -0.1) is 0 Å². The number of rotatable bonds is 5. The molecule has 1 saturated heterocycles. The quantitative estimate of drug-likeness (QED) is 0.888. The van der Waals surface area contributed by atoms with E-state index >= 15 is 0 Å². The first-order valence-corrected chi connectivity index (χ1v) is 8.40. The van der Waals surface area contributed by atoms with Gasteiger partial charge in [0.1, 0.15) is 11.3 Å². The Morgan fingerprint density at radius 2 is 1.96 bits per heavy atom. The van der Waals surface area contributed by atoms with Gasteiger partial charge in [-0.3, -0.25) is 9.88 Å². The zero-order valence-corrected chi connectivity index (χ0v) is 15.0. The van der Waals surface area contributed by atoms with Crippen molar-refractivity contribution in [2.75, 3.05) is 26.7 Å². The maximum absolute atomic E-state index is 11.7. The van der Waals surface area contributed by atoms with Gasteiger partial charge in [-0.05, 0) is 52.6 Å². The van der Waals surface area contributed by atoms with Crippen LogP contribution in [0.3, 0.4) is 0 Å². The summed E-state index contributed by atoms with van der Waals surface area (Å²) >= 11 is 0. The predicted molar refractivity (Wildman–Crippen MR) is 90.8 cm³/mol. The Hall–Kier alpha value is -1.89. The van der Waals surface area contributed by atoms with E-state index in [4.69, 9.17) is 9.47 Å². The van der Waals surface area contributed by atoms with E-state index in [1.807, 2.05) is 20.8 Å². The first-order chi connectivity index (χ1) is 11.4. The van der Waals surface area contributed by atoms with Crippen molar-refractivity contribution in [2.45, 2.75) is 45.8 Å². The van der Waals surface area contributed by atoms with Gasteiger partial charge >= 0.3 is 6.09 Å². The van der Waals surface area contributed by atoms with Crippen molar-refractivity contribution in [3.05, 3.63) is 18.1 Å². The van der Waals surface area contributed by atoms with Crippen LogP contribution in [0.4, 0.5) is 4.79 Å². The molecule has 134 valence electrons. The van der Waals surface area contributed by atoms with Gasteiger partial charge in [0.2, 0.25) is 5.88 Å². The second-order valence-corrected chi connectivity index (χ2v) is 7.11. The summed E-state index contributed by atoms with van der Waals surface area (Å²) in [6, 6.07) is 0. The third-order valence-electron chi connectivity index (χ3n) is 3.94. The lowest BCUT2D eigenvalue weighted by Gasteiger charge is -2.32. The minimum atomic E-state index is -0.455. The van der Waals surface area contributed by atoms with Crippen LogP contribution in [-0.2, 0) is 11.3 Å². The average molecular weight is 336 g/mol. The standard InChI is InChI=1S/C17H28N4O3/c1-17(2,3)24-16(22)20-11-13-5-9-21(10-6-13)12-14-15(23-4)19-8-7-18-14/h7-8,13H,5-6,9-12H2,1-4H3,(H,20,22). The summed E-state index contributed by atoms with van der Waals surface area (Å²) in [6.07, 6.45) is 5.07. The van der Waals surface area contributed by atoms with Crippen LogP contribution in [0.25, 0.3) is 0 Å². The van der Waals surface area contributed by atoms with Crippen LogP contribution >= 0.6 is 0 Å². The number of carbonyl (C=O) groups is 1. The Morgan fingerprint density at radius 3 is 2.58 bits per heavy atom. The molecule has 1 aliphatic heterocycles. The lowest BCUT2D eigenvalue weighted by Crippen LogP contribution is -2.40. The second-order valence-electron chi connectivity index (χ2n) is 7.11. The number of alkyl carbamates (subject to hydrolysis) is 1. The van der Waals surface area contributed by atoms with Gasteiger partial charge < -0.3 is 14.8 Å². The molecule has 0 aliphatic carbocycles. The van der Waals surface area contributed by atoms with E-state index in [0.717, 1.165) is 38.2 Å². The van der Waals surface area contributed by atoms with E-state index in [1.165, 1.54) is 0 Å². The van der Waals surface area contributed by atoms with Crippen molar-refractivity contribution < 1.29 is 14.3 Å². The molecule has 0 aromatic carbocycles. The molecule has 24 heavy (non-hydrogen) atoms. The Labute approximate surface area is 143 Å². The van der Waals surface area contributed by atoms with Gasteiger partial charge in [0.25, 0.3) is 0 Å². The Morgan fingerprint density at radius 1 is 1.29 bits per heavy atom. The fourth-order valence-corrected chi connectivity index (χ4v) is 2.74. The number of carbonyl (C=O) groups excluding carboxylic acids is 1. The topological polar surface area (TPSA) is 76.6 Å². The third-order valence-corrected chi connectivity index (χ3v) is 3.94. The van der Waals surface area contributed by atoms with Crippen molar-refractivity contribution in [3.8, 4) is 5.88 Å². The van der Waals surface area contributed by atoms with Gasteiger partial charge in [0.05, 0.1) is 7.11 Å². The van der Waals surface area contributed by atoms with Crippen molar-refractivity contribution in [3.63, 3.8) is 0 Å². The van der Waals surface area contributed by atoms with E-state index in [2.05, 4.69) is 20.2 Å². The lowest BCUT2D eigenvalue weighted by atomic mass is 9.97. The number of methoxy groups -OCH3 is 1. The smallest absolute Gasteiger partial charge is 0.407 e. The van der Waals surface area contributed by atoms with Crippen LogP contribution in [0, 0.1) is 5.92 Å². The van der Waals surface area contributed by atoms with Gasteiger partial charge in [-0.25, -0.2) is 9.78 Å². The second kappa shape index (κ2) is 8.28. The molecule has 2 heterocycles. The van der Waals surface area contributed by atoms with Crippen molar-refractivity contribution in [2.24, 2.45) is 5.92 Å². The predicted octanol–water partition coefficient (Wildman–Crippen LogP) is 2.22. The monoisotopic (exact) mass is 336 g/mol. The molecule has 0 saturated carbocycles. The van der Waals surface area contributed by atoms with E-state index in [9.17, 15) is 4.79 Å². The molecule has 2 rings (SSSR count). The number of likely N-dealkylation sites (tertiary alicyclic amines) is 1. The molecule has 7 heteroatoms. The third kappa shape index (κ3) is 5.96. The van der Waals surface area contributed by atoms with Crippen LogP contribution in [-0.4, -0.2) is 53.3 Å². The SMILES string of the molecule is COc1nccnc1CN1CCC(CNC(=O)OC(C)(C)C)CC1. The summed E-state index contributed by atoms with van der Waals surface area (Å²) in [7, 11) is 1.61. The highest BCUT2D eigenvalue weighted by atomic mass is 16.6. The Bertz CT molecular complexity index is 537. The van der Waals surface area contributed by atoms with Crippen LogP contribution < -0.4 is 10.1 Å². The Kier molecular flexibility index (Phi) is 6.36.